The number of hydrogen-bond donors (Lipinski definition) is 1. The minimum atomic E-state index is 0.236. The average Bonchev–Trinajstić information content (AvgIpc) is 3.37. The van der Waals surface area contributed by atoms with Crippen molar-refractivity contribution in [1.29, 1.82) is 0 Å². The highest BCUT2D eigenvalue weighted by Gasteiger charge is 2.38. The Labute approximate surface area is 132 Å². The summed E-state index contributed by atoms with van der Waals surface area (Å²) in [5, 5.41) is 3.20. The van der Waals surface area contributed by atoms with Crippen LogP contribution in [0.1, 0.15) is 42.9 Å². The van der Waals surface area contributed by atoms with Crippen LogP contribution in [0, 0.1) is 0 Å². The standard InChI is InChI=1S/C18H26N2O2/c1-22-12-11-19-13-18(21)20(15-9-10-15)17-8-4-6-14-5-2-3-7-16(14)17/h2-3,5,7,15,17,19H,4,6,8-13H2,1H3. The topological polar surface area (TPSA) is 41.6 Å². The number of carbonyl (C=O) groups excluding carboxylic acids is 1. The Hall–Kier alpha value is -1.39. The maximum atomic E-state index is 12.7. The summed E-state index contributed by atoms with van der Waals surface area (Å²) >= 11 is 0. The van der Waals surface area contributed by atoms with Gasteiger partial charge in [0.2, 0.25) is 5.91 Å². The van der Waals surface area contributed by atoms with Gasteiger partial charge in [-0.3, -0.25) is 4.79 Å². The van der Waals surface area contributed by atoms with Crippen LogP contribution in [-0.2, 0) is 16.0 Å². The van der Waals surface area contributed by atoms with Crippen molar-refractivity contribution in [3.05, 3.63) is 35.4 Å². The lowest BCUT2D eigenvalue weighted by Crippen LogP contribution is -2.43. The molecule has 1 unspecified atom stereocenters. The van der Waals surface area contributed by atoms with Gasteiger partial charge in [-0.15, -0.1) is 0 Å². The van der Waals surface area contributed by atoms with Crippen LogP contribution in [0.5, 0.6) is 0 Å². The summed E-state index contributed by atoms with van der Waals surface area (Å²) in [6.45, 7) is 1.78. The number of hydrogen-bond acceptors (Lipinski definition) is 3. The predicted molar refractivity (Wildman–Crippen MR) is 86.7 cm³/mol. The number of nitrogens with zero attached hydrogens (tertiary/aromatic N) is 1. The molecule has 1 saturated carbocycles. The van der Waals surface area contributed by atoms with Gasteiger partial charge in [-0.2, -0.15) is 0 Å². The molecule has 22 heavy (non-hydrogen) atoms. The van der Waals surface area contributed by atoms with Gasteiger partial charge >= 0.3 is 0 Å². The Bertz CT molecular complexity index is 514. The number of nitrogens with one attached hydrogen (secondary N) is 1. The van der Waals surface area contributed by atoms with E-state index in [0.717, 1.165) is 32.2 Å². The molecule has 2 aliphatic carbocycles. The number of fused-ring (bicyclic) bond motifs is 1. The largest absolute Gasteiger partial charge is 0.383 e. The molecule has 0 radical (unpaired) electrons. The second kappa shape index (κ2) is 7.25. The average molecular weight is 302 g/mol. The molecule has 2 aliphatic rings. The number of amides is 1. The first-order valence-electron chi connectivity index (χ1n) is 8.40. The Morgan fingerprint density at radius 1 is 1.32 bits per heavy atom. The molecule has 0 spiro atoms. The SMILES string of the molecule is COCCNCC(=O)N(C1CC1)C1CCCc2ccccc21. The molecule has 4 heteroatoms. The number of carbonyl (C=O) groups is 1. The van der Waals surface area contributed by atoms with Gasteiger partial charge in [0.05, 0.1) is 19.2 Å². The molecule has 1 aromatic carbocycles. The molecular weight excluding hydrogens is 276 g/mol. The maximum Gasteiger partial charge on any atom is 0.237 e. The fourth-order valence-corrected chi connectivity index (χ4v) is 3.46. The van der Waals surface area contributed by atoms with Crippen LogP contribution in [0.4, 0.5) is 0 Å². The van der Waals surface area contributed by atoms with Gasteiger partial charge in [-0.25, -0.2) is 0 Å². The number of benzene rings is 1. The molecule has 1 N–H and O–H groups in total. The maximum absolute atomic E-state index is 12.7. The van der Waals surface area contributed by atoms with E-state index in [0.29, 0.717) is 19.2 Å². The van der Waals surface area contributed by atoms with Gasteiger partial charge in [-0.1, -0.05) is 24.3 Å². The fraction of sp³-hybridized carbons (Fsp3) is 0.611. The van der Waals surface area contributed by atoms with Gasteiger partial charge in [0, 0.05) is 19.7 Å². The third-order valence-electron chi connectivity index (χ3n) is 4.66. The summed E-state index contributed by atoms with van der Waals surface area (Å²) in [6, 6.07) is 9.36. The van der Waals surface area contributed by atoms with Crippen molar-refractivity contribution in [2.24, 2.45) is 0 Å². The van der Waals surface area contributed by atoms with Crippen LogP contribution in [0.3, 0.4) is 0 Å². The number of rotatable bonds is 7. The molecule has 1 aromatic rings. The molecule has 0 aromatic heterocycles. The van der Waals surface area contributed by atoms with Crippen LogP contribution in [-0.4, -0.2) is 43.7 Å². The van der Waals surface area contributed by atoms with E-state index < -0.39 is 0 Å². The second-order valence-electron chi connectivity index (χ2n) is 6.31. The lowest BCUT2D eigenvalue weighted by molar-refractivity contribution is -0.133. The fourth-order valence-electron chi connectivity index (χ4n) is 3.46. The predicted octanol–water partition coefficient (Wildman–Crippen LogP) is 2.29. The van der Waals surface area contributed by atoms with E-state index in [4.69, 9.17) is 4.74 Å². The normalized spacial score (nSPS) is 20.5. The highest BCUT2D eigenvalue weighted by molar-refractivity contribution is 5.79. The summed E-state index contributed by atoms with van der Waals surface area (Å²) in [4.78, 5) is 14.9. The minimum absolute atomic E-state index is 0.236. The first-order valence-corrected chi connectivity index (χ1v) is 8.40. The zero-order valence-corrected chi connectivity index (χ0v) is 13.4. The third-order valence-corrected chi connectivity index (χ3v) is 4.66. The van der Waals surface area contributed by atoms with Crippen LogP contribution >= 0.6 is 0 Å². The first-order chi connectivity index (χ1) is 10.8. The van der Waals surface area contributed by atoms with Crippen LogP contribution < -0.4 is 5.32 Å². The lowest BCUT2D eigenvalue weighted by Gasteiger charge is -2.36. The van der Waals surface area contributed by atoms with E-state index in [-0.39, 0.29) is 11.9 Å². The van der Waals surface area contributed by atoms with Crippen molar-refractivity contribution in [3.63, 3.8) is 0 Å². The van der Waals surface area contributed by atoms with Crippen molar-refractivity contribution < 1.29 is 9.53 Å². The highest BCUT2D eigenvalue weighted by Crippen LogP contribution is 2.40. The van der Waals surface area contributed by atoms with Gasteiger partial charge in [0.25, 0.3) is 0 Å². The summed E-state index contributed by atoms with van der Waals surface area (Å²) in [6.07, 6.45) is 5.73. The Morgan fingerprint density at radius 3 is 2.91 bits per heavy atom. The van der Waals surface area contributed by atoms with Crippen molar-refractivity contribution in [1.82, 2.24) is 10.2 Å². The zero-order chi connectivity index (χ0) is 15.4. The molecule has 0 saturated heterocycles. The molecule has 4 nitrogen and oxygen atoms in total. The highest BCUT2D eigenvalue weighted by atomic mass is 16.5. The molecule has 1 fully saturated rings. The number of aryl methyl sites for hydroxylation is 1. The van der Waals surface area contributed by atoms with E-state index >= 15 is 0 Å². The van der Waals surface area contributed by atoms with Gasteiger partial charge in [0.15, 0.2) is 0 Å². The van der Waals surface area contributed by atoms with Crippen molar-refractivity contribution >= 4 is 5.91 Å². The van der Waals surface area contributed by atoms with E-state index in [2.05, 4.69) is 34.5 Å². The Kier molecular flexibility index (Phi) is 5.11. The summed E-state index contributed by atoms with van der Waals surface area (Å²) < 4.78 is 5.02. The zero-order valence-electron chi connectivity index (χ0n) is 13.4. The van der Waals surface area contributed by atoms with Crippen molar-refractivity contribution in [3.8, 4) is 0 Å². The molecular formula is C18H26N2O2. The summed E-state index contributed by atoms with van der Waals surface area (Å²) in [5.74, 6) is 0.236. The Balaban J connectivity index is 1.71. The van der Waals surface area contributed by atoms with Gasteiger partial charge in [0.1, 0.15) is 0 Å². The summed E-state index contributed by atoms with van der Waals surface area (Å²) in [7, 11) is 1.68. The first kappa shape index (κ1) is 15.5. The molecule has 3 rings (SSSR count). The van der Waals surface area contributed by atoms with Crippen molar-refractivity contribution in [2.75, 3.05) is 26.8 Å². The van der Waals surface area contributed by atoms with E-state index in [1.807, 2.05) is 0 Å². The lowest BCUT2D eigenvalue weighted by atomic mass is 9.86. The van der Waals surface area contributed by atoms with Crippen LogP contribution in [0.25, 0.3) is 0 Å². The minimum Gasteiger partial charge on any atom is -0.383 e. The summed E-state index contributed by atoms with van der Waals surface area (Å²) in [5.41, 5.74) is 2.79. The van der Waals surface area contributed by atoms with Gasteiger partial charge in [-0.05, 0) is 43.2 Å². The third kappa shape index (κ3) is 3.50. The quantitative estimate of drug-likeness (QED) is 0.786. The molecule has 120 valence electrons. The molecule has 0 heterocycles. The van der Waals surface area contributed by atoms with Gasteiger partial charge < -0.3 is 15.0 Å². The number of ether oxygens (including phenoxy) is 1. The molecule has 1 amide bonds. The van der Waals surface area contributed by atoms with Crippen LogP contribution in [0.15, 0.2) is 24.3 Å². The Morgan fingerprint density at radius 2 is 2.14 bits per heavy atom. The molecule has 1 atom stereocenters. The smallest absolute Gasteiger partial charge is 0.237 e. The number of methoxy groups -OCH3 is 1. The van der Waals surface area contributed by atoms with E-state index in [9.17, 15) is 4.79 Å². The van der Waals surface area contributed by atoms with E-state index in [1.54, 1.807) is 7.11 Å². The molecule has 0 bridgehead atoms. The monoisotopic (exact) mass is 302 g/mol. The second-order valence-corrected chi connectivity index (χ2v) is 6.31. The van der Waals surface area contributed by atoms with Crippen molar-refractivity contribution in [2.45, 2.75) is 44.2 Å². The van der Waals surface area contributed by atoms with E-state index in [1.165, 1.54) is 17.5 Å². The molecule has 0 aliphatic heterocycles. The van der Waals surface area contributed by atoms with Crippen LogP contribution in [0.2, 0.25) is 0 Å².